The molecule has 0 aliphatic heterocycles. The van der Waals surface area contributed by atoms with Crippen molar-refractivity contribution >= 4 is 45.3 Å². The molecule has 2 amide bonds. The molecule has 0 fully saturated rings. The highest BCUT2D eigenvalue weighted by atomic mass is 35.5. The number of nitrogens with zero attached hydrogens (tertiary/aromatic N) is 2. The third-order valence-corrected chi connectivity index (χ3v) is 8.01. The van der Waals surface area contributed by atoms with Crippen molar-refractivity contribution in [2.75, 3.05) is 24.6 Å². The molecule has 0 aliphatic carbocycles. The zero-order valence-electron chi connectivity index (χ0n) is 23.3. The second-order valence-corrected chi connectivity index (χ2v) is 11.4. The van der Waals surface area contributed by atoms with Crippen LogP contribution in [-0.2, 0) is 26.2 Å². The number of anilines is 1. The van der Waals surface area contributed by atoms with Gasteiger partial charge in [-0.3, -0.25) is 13.9 Å². The molecule has 0 atom stereocenters. The van der Waals surface area contributed by atoms with Gasteiger partial charge in [-0.1, -0.05) is 29.3 Å². The number of methoxy groups -OCH3 is 1. The molecule has 224 valence electrons. The molecule has 0 saturated carbocycles. The maximum absolute atomic E-state index is 13.6. The lowest BCUT2D eigenvalue weighted by Crippen LogP contribution is -2.39. The fourth-order valence-corrected chi connectivity index (χ4v) is 5.38. The number of carbonyl (C=O) groups excluding carboxylic acids is 2. The molecule has 13 heteroatoms. The molecule has 2 N–H and O–H groups in total. The molecule has 3 aromatic carbocycles. The van der Waals surface area contributed by atoms with Gasteiger partial charge in [-0.25, -0.2) is 13.8 Å². The van der Waals surface area contributed by atoms with Crippen molar-refractivity contribution in [3.63, 3.8) is 0 Å². The van der Waals surface area contributed by atoms with Crippen molar-refractivity contribution in [3.8, 4) is 11.5 Å². The number of amides is 2. The maximum Gasteiger partial charge on any atom is 0.264 e. The summed E-state index contributed by atoms with van der Waals surface area (Å²) < 4.78 is 44.2. The van der Waals surface area contributed by atoms with Gasteiger partial charge < -0.3 is 19.2 Å². The number of halogens is 1. The number of nitrogens with one attached hydrogen (secondary N) is 2. The molecule has 4 aromatic rings. The van der Waals surface area contributed by atoms with Gasteiger partial charge in [0, 0.05) is 5.02 Å². The molecule has 1 heterocycles. The highest BCUT2D eigenvalue weighted by molar-refractivity contribution is 7.92. The number of rotatable bonds is 13. The average Bonchev–Trinajstić information content (AvgIpc) is 3.52. The zero-order valence-corrected chi connectivity index (χ0v) is 24.9. The van der Waals surface area contributed by atoms with Crippen LogP contribution < -0.4 is 24.5 Å². The summed E-state index contributed by atoms with van der Waals surface area (Å²) in [6, 6.07) is 20.9. The molecular formula is C30H29ClN4O7S. The normalized spacial score (nSPS) is 11.2. The Balaban J connectivity index is 1.38. The van der Waals surface area contributed by atoms with Crippen LogP contribution in [0.2, 0.25) is 5.02 Å². The van der Waals surface area contributed by atoms with Crippen molar-refractivity contribution < 1.29 is 31.9 Å². The number of hydrogen-bond acceptors (Lipinski definition) is 8. The second-order valence-electron chi connectivity index (χ2n) is 9.15. The number of hydrazone groups is 1. The molecule has 0 saturated heterocycles. The summed E-state index contributed by atoms with van der Waals surface area (Å²) in [6.45, 7) is 1.32. The summed E-state index contributed by atoms with van der Waals surface area (Å²) in [5.74, 6) is 0.303. The Hall–Kier alpha value is -4.81. The van der Waals surface area contributed by atoms with Crippen LogP contribution in [0.15, 0.2) is 99.5 Å². The molecule has 43 heavy (non-hydrogen) atoms. The molecule has 4 rings (SSSR count). The lowest BCUT2D eigenvalue weighted by Gasteiger charge is -2.25. The molecular weight excluding hydrogens is 596 g/mol. The average molecular weight is 625 g/mol. The Labute approximate surface area is 254 Å². The van der Waals surface area contributed by atoms with Crippen LogP contribution in [0.25, 0.3) is 0 Å². The first kappa shape index (κ1) is 31.1. The highest BCUT2D eigenvalue weighted by Crippen LogP contribution is 2.34. The van der Waals surface area contributed by atoms with E-state index in [2.05, 4.69) is 15.8 Å². The Kier molecular flexibility index (Phi) is 10.4. The number of carbonyl (C=O) groups is 2. The SMILES string of the molecule is COc1ccc(Cl)cc1N(CC(=O)N/N=C\c1ccc(OCC(=O)NCc2ccco2)cc1)S(=O)(=O)c1ccc(C)cc1. The molecule has 1 aromatic heterocycles. The third kappa shape index (κ3) is 8.60. The monoisotopic (exact) mass is 624 g/mol. The van der Waals surface area contributed by atoms with Gasteiger partial charge >= 0.3 is 0 Å². The van der Waals surface area contributed by atoms with Crippen molar-refractivity contribution in [2.45, 2.75) is 18.4 Å². The van der Waals surface area contributed by atoms with Crippen LogP contribution in [-0.4, -0.2) is 46.7 Å². The van der Waals surface area contributed by atoms with Crippen molar-refractivity contribution in [1.82, 2.24) is 10.7 Å². The maximum atomic E-state index is 13.6. The summed E-state index contributed by atoms with van der Waals surface area (Å²) >= 11 is 6.17. The fraction of sp³-hybridized carbons (Fsp3) is 0.167. The smallest absolute Gasteiger partial charge is 0.264 e. The minimum Gasteiger partial charge on any atom is -0.495 e. The first-order valence-electron chi connectivity index (χ1n) is 12.9. The lowest BCUT2D eigenvalue weighted by molar-refractivity contribution is -0.123. The second kappa shape index (κ2) is 14.4. The topological polar surface area (TPSA) is 140 Å². The molecule has 0 spiro atoms. The van der Waals surface area contributed by atoms with Crippen LogP contribution in [0.5, 0.6) is 11.5 Å². The van der Waals surface area contributed by atoms with Gasteiger partial charge in [-0.15, -0.1) is 0 Å². The van der Waals surface area contributed by atoms with Crippen LogP contribution in [0.4, 0.5) is 5.69 Å². The van der Waals surface area contributed by atoms with Gasteiger partial charge in [0.2, 0.25) is 0 Å². The number of furan rings is 1. The predicted molar refractivity (Wildman–Crippen MR) is 162 cm³/mol. The zero-order chi connectivity index (χ0) is 30.8. The predicted octanol–water partition coefficient (Wildman–Crippen LogP) is 4.29. The lowest BCUT2D eigenvalue weighted by atomic mass is 10.2. The molecule has 11 nitrogen and oxygen atoms in total. The number of hydrogen-bond donors (Lipinski definition) is 2. The summed E-state index contributed by atoms with van der Waals surface area (Å²) in [6.07, 6.45) is 2.91. The van der Waals surface area contributed by atoms with Gasteiger partial charge in [-0.05, 0) is 79.2 Å². The minimum absolute atomic E-state index is 0.00579. The van der Waals surface area contributed by atoms with E-state index >= 15 is 0 Å². The summed E-state index contributed by atoms with van der Waals surface area (Å²) in [5.41, 5.74) is 3.95. The van der Waals surface area contributed by atoms with Crippen LogP contribution in [0, 0.1) is 6.92 Å². The van der Waals surface area contributed by atoms with E-state index in [0.29, 0.717) is 17.1 Å². The van der Waals surface area contributed by atoms with Crippen LogP contribution >= 0.6 is 11.6 Å². The fourth-order valence-electron chi connectivity index (χ4n) is 3.79. The Morgan fingerprint density at radius 2 is 1.77 bits per heavy atom. The summed E-state index contributed by atoms with van der Waals surface area (Å²) in [7, 11) is -2.80. The molecule has 0 aliphatic rings. The van der Waals surface area contributed by atoms with Crippen molar-refractivity contribution in [3.05, 3.63) is 107 Å². The van der Waals surface area contributed by atoms with E-state index in [0.717, 1.165) is 9.87 Å². The molecule has 0 radical (unpaired) electrons. The van der Waals surface area contributed by atoms with E-state index in [-0.39, 0.29) is 40.4 Å². The number of benzene rings is 3. The Morgan fingerprint density at radius 3 is 2.44 bits per heavy atom. The van der Waals surface area contributed by atoms with Gasteiger partial charge in [0.1, 0.15) is 23.8 Å². The first-order valence-corrected chi connectivity index (χ1v) is 14.7. The quantitative estimate of drug-likeness (QED) is 0.167. The van der Waals surface area contributed by atoms with E-state index in [9.17, 15) is 18.0 Å². The van der Waals surface area contributed by atoms with Gasteiger partial charge in [-0.2, -0.15) is 5.10 Å². The number of aryl methyl sites for hydroxylation is 1. The summed E-state index contributed by atoms with van der Waals surface area (Å²) in [5, 5.41) is 6.90. The van der Waals surface area contributed by atoms with E-state index < -0.39 is 22.5 Å². The van der Waals surface area contributed by atoms with Gasteiger partial charge in [0.15, 0.2) is 6.61 Å². The van der Waals surface area contributed by atoms with Crippen molar-refractivity contribution in [2.24, 2.45) is 5.10 Å². The van der Waals surface area contributed by atoms with E-state index in [4.69, 9.17) is 25.5 Å². The number of sulfonamides is 1. The molecule has 0 unspecified atom stereocenters. The largest absolute Gasteiger partial charge is 0.495 e. The minimum atomic E-state index is -4.19. The van der Waals surface area contributed by atoms with Crippen LogP contribution in [0.3, 0.4) is 0 Å². The standard InChI is InChI=1S/C30H29ClN4O7S/c1-21-5-12-26(13-6-21)43(38,39)35(27-16-23(31)9-14-28(27)40-2)19-29(36)34-33-17-22-7-10-24(11-8-22)42-20-30(37)32-18-25-4-3-15-41-25/h3-17H,18-20H2,1-2H3,(H,32,37)(H,34,36)/b33-17-. The van der Waals surface area contributed by atoms with E-state index in [1.54, 1.807) is 54.6 Å². The number of ether oxygens (including phenoxy) is 2. The third-order valence-electron chi connectivity index (χ3n) is 6.00. The van der Waals surface area contributed by atoms with E-state index in [1.807, 2.05) is 6.92 Å². The highest BCUT2D eigenvalue weighted by Gasteiger charge is 2.29. The van der Waals surface area contributed by atoms with Gasteiger partial charge in [0.05, 0.1) is 36.7 Å². The molecule has 0 bridgehead atoms. The van der Waals surface area contributed by atoms with Crippen molar-refractivity contribution in [1.29, 1.82) is 0 Å². The van der Waals surface area contributed by atoms with Crippen LogP contribution in [0.1, 0.15) is 16.9 Å². The van der Waals surface area contributed by atoms with E-state index in [1.165, 1.54) is 43.9 Å². The Bertz CT molecular complexity index is 1670. The Morgan fingerprint density at radius 1 is 1.02 bits per heavy atom. The first-order chi connectivity index (χ1) is 20.7. The van der Waals surface area contributed by atoms with Gasteiger partial charge in [0.25, 0.3) is 21.8 Å². The summed E-state index contributed by atoms with van der Waals surface area (Å²) in [4.78, 5) is 24.9.